The van der Waals surface area contributed by atoms with Crippen molar-refractivity contribution in [3.8, 4) is 0 Å². The molecular formula is C24H44Cl2SiZr. The molecule has 0 aromatic heterocycles. The van der Waals surface area contributed by atoms with Crippen LogP contribution in [0.1, 0.15) is 80.1 Å². The first kappa shape index (κ1) is 28.6. The molecular weight excluding hydrogens is 478 g/mol. The van der Waals surface area contributed by atoms with Crippen LogP contribution in [0.15, 0.2) is 41.0 Å². The Morgan fingerprint density at radius 2 is 1.11 bits per heavy atom. The number of halogens is 2. The zero-order valence-corrected chi connectivity index (χ0v) is 25.1. The van der Waals surface area contributed by atoms with Gasteiger partial charge in [0.2, 0.25) is 0 Å². The summed E-state index contributed by atoms with van der Waals surface area (Å²) >= 11 is -3.12. The van der Waals surface area contributed by atoms with Crippen molar-refractivity contribution in [2.45, 2.75) is 89.3 Å². The van der Waals surface area contributed by atoms with E-state index in [9.17, 15) is 0 Å². The maximum absolute atomic E-state index is 3.12. The van der Waals surface area contributed by atoms with Crippen LogP contribution < -0.4 is 0 Å². The Labute approximate surface area is 190 Å². The zero-order valence-electron chi connectivity index (χ0n) is 19.6. The van der Waals surface area contributed by atoms with E-state index in [2.05, 4.69) is 69.8 Å². The van der Waals surface area contributed by atoms with Gasteiger partial charge >= 0.3 is 166 Å². The molecule has 0 aliphatic heterocycles. The van der Waals surface area contributed by atoms with Crippen LogP contribution in [0.4, 0.5) is 0 Å². The van der Waals surface area contributed by atoms with E-state index < -0.39 is 17.4 Å². The fraction of sp³-hybridized carbons (Fsp3) is 0.667. The van der Waals surface area contributed by atoms with E-state index in [-0.39, 0.29) is 24.8 Å². The SMILES string of the molecule is CCCC1=CC(C(C)C)=[C]([Zr]([CH3])([CH3])(=[SiH2])[C]2=C(C(C)C)C=C(CCC)C2)C1.Cl.Cl. The Morgan fingerprint density at radius 3 is 1.36 bits per heavy atom. The average Bonchev–Trinajstić information content (AvgIpc) is 3.13. The predicted molar refractivity (Wildman–Crippen MR) is 134 cm³/mol. The van der Waals surface area contributed by atoms with Crippen molar-refractivity contribution in [3.05, 3.63) is 41.0 Å². The molecule has 0 bridgehead atoms. The number of hydrogen-bond acceptors (Lipinski definition) is 0. The average molecular weight is 523 g/mol. The van der Waals surface area contributed by atoms with Gasteiger partial charge in [0.05, 0.1) is 0 Å². The molecule has 2 rings (SSSR count). The third-order valence-electron chi connectivity index (χ3n) is 6.55. The Hall–Kier alpha value is 0.640. The molecule has 0 aromatic carbocycles. The number of allylic oxidation sites excluding steroid dienone is 8. The molecule has 0 atom stereocenters. The van der Waals surface area contributed by atoms with Crippen LogP contribution in [0.2, 0.25) is 9.26 Å². The minimum absolute atomic E-state index is 0. The molecule has 0 aromatic rings. The molecule has 0 radical (unpaired) electrons. The summed E-state index contributed by atoms with van der Waals surface area (Å²) in [6, 6.07) is 0. The maximum Gasteiger partial charge on any atom is -0.147 e. The van der Waals surface area contributed by atoms with E-state index >= 15 is 0 Å². The van der Waals surface area contributed by atoms with E-state index in [0.29, 0.717) is 11.8 Å². The maximum atomic E-state index is 2.74. The van der Waals surface area contributed by atoms with Gasteiger partial charge in [-0.15, -0.1) is 24.8 Å². The largest absolute Gasteiger partial charge is 0.147 e. The van der Waals surface area contributed by atoms with E-state index in [1.807, 2.05) is 6.56 Å². The molecule has 0 spiro atoms. The van der Waals surface area contributed by atoms with Crippen molar-refractivity contribution < 1.29 is 17.4 Å². The van der Waals surface area contributed by atoms with E-state index in [1.54, 1.807) is 22.3 Å². The molecule has 0 amide bonds. The molecule has 0 heterocycles. The third-order valence-corrected chi connectivity index (χ3v) is 23.4. The molecule has 162 valence electrons. The first-order valence-corrected chi connectivity index (χ1v) is 24.2. The third kappa shape index (κ3) is 5.87. The Kier molecular flexibility index (Phi) is 11.0. The predicted octanol–water partition coefficient (Wildman–Crippen LogP) is 8.24. The first-order chi connectivity index (χ1) is 12.0. The Balaban J connectivity index is 0.00000364. The summed E-state index contributed by atoms with van der Waals surface area (Å²) in [6.07, 6.45) is 12.9. The van der Waals surface area contributed by atoms with Crippen LogP contribution in [-0.4, -0.2) is 6.88 Å². The van der Waals surface area contributed by atoms with Gasteiger partial charge in [-0.25, -0.2) is 0 Å². The van der Waals surface area contributed by atoms with Gasteiger partial charge in [0.25, 0.3) is 0 Å². The van der Waals surface area contributed by atoms with Gasteiger partial charge < -0.3 is 0 Å². The standard InChI is InChI=1S/2C11H17.2CH3.2ClH.H2Si.Zr/c2*1-4-5-10-6-7-11(8-10)9(2)3;;;;;;/h2*8-9H,4-6H2,1-3H3;2*1H3;2*1H;1H2;. The quantitative estimate of drug-likeness (QED) is 0.282. The van der Waals surface area contributed by atoms with Crippen molar-refractivity contribution >= 4 is 31.7 Å². The van der Waals surface area contributed by atoms with Crippen LogP contribution in [0.3, 0.4) is 0 Å². The van der Waals surface area contributed by atoms with Gasteiger partial charge in [-0.3, -0.25) is 0 Å². The zero-order chi connectivity index (χ0) is 19.7. The molecule has 0 nitrogen and oxygen atoms in total. The normalized spacial score (nSPS) is 17.8. The van der Waals surface area contributed by atoms with Crippen LogP contribution >= 0.6 is 24.8 Å². The summed E-state index contributed by atoms with van der Waals surface area (Å²) in [6.45, 7) is 16.7. The minimum Gasteiger partial charge on any atom is -0.147 e. The van der Waals surface area contributed by atoms with Gasteiger partial charge in [-0.05, 0) is 0 Å². The van der Waals surface area contributed by atoms with Gasteiger partial charge in [-0.1, -0.05) is 0 Å². The van der Waals surface area contributed by atoms with Crippen molar-refractivity contribution in [3.63, 3.8) is 0 Å². The van der Waals surface area contributed by atoms with Crippen LogP contribution in [0, 0.1) is 11.8 Å². The van der Waals surface area contributed by atoms with Gasteiger partial charge in [0, 0.05) is 0 Å². The molecule has 0 fully saturated rings. The van der Waals surface area contributed by atoms with Gasteiger partial charge in [0.1, 0.15) is 0 Å². The molecule has 28 heavy (non-hydrogen) atoms. The van der Waals surface area contributed by atoms with Crippen LogP contribution in [0.5, 0.6) is 0 Å². The second-order valence-electron chi connectivity index (χ2n) is 10.3. The summed E-state index contributed by atoms with van der Waals surface area (Å²) in [5.74, 6) is 1.31. The number of rotatable bonds is 8. The minimum atomic E-state index is -3.12. The smallest absolute Gasteiger partial charge is 0.147 e. The van der Waals surface area contributed by atoms with Crippen molar-refractivity contribution in [1.82, 2.24) is 0 Å². The second-order valence-corrected chi connectivity index (χ2v) is 39.0. The number of hydrogen-bond donors (Lipinski definition) is 0. The summed E-state index contributed by atoms with van der Waals surface area (Å²) in [7, 11) is 0. The van der Waals surface area contributed by atoms with Crippen molar-refractivity contribution in [2.24, 2.45) is 11.8 Å². The summed E-state index contributed by atoms with van der Waals surface area (Å²) in [5, 5.41) is 0. The van der Waals surface area contributed by atoms with Gasteiger partial charge in [0.15, 0.2) is 0 Å². The van der Waals surface area contributed by atoms with Crippen molar-refractivity contribution in [2.75, 3.05) is 0 Å². The topological polar surface area (TPSA) is 0 Å². The Morgan fingerprint density at radius 1 is 0.786 bits per heavy atom. The van der Waals surface area contributed by atoms with Crippen molar-refractivity contribution in [1.29, 1.82) is 0 Å². The van der Waals surface area contributed by atoms with Crippen LogP contribution in [-0.2, 0) is 17.4 Å². The second kappa shape index (κ2) is 10.8. The molecule has 0 saturated carbocycles. The van der Waals surface area contributed by atoms with E-state index in [1.165, 1.54) is 38.5 Å². The summed E-state index contributed by atoms with van der Waals surface area (Å²) in [4.78, 5) is 0. The summed E-state index contributed by atoms with van der Waals surface area (Å²) < 4.78 is 9.28. The van der Waals surface area contributed by atoms with E-state index in [0.717, 1.165) is 0 Å². The molecule has 2 aliphatic carbocycles. The molecule has 0 unspecified atom stereocenters. The fourth-order valence-electron chi connectivity index (χ4n) is 5.04. The summed E-state index contributed by atoms with van der Waals surface area (Å²) in [5.41, 5.74) is 6.82. The fourth-order valence-corrected chi connectivity index (χ4v) is 20.1. The van der Waals surface area contributed by atoms with E-state index in [4.69, 9.17) is 0 Å². The first-order valence-electron chi connectivity index (χ1n) is 10.9. The van der Waals surface area contributed by atoms with Crippen LogP contribution in [0.25, 0.3) is 0 Å². The van der Waals surface area contributed by atoms with Gasteiger partial charge in [-0.2, -0.15) is 0 Å². The molecule has 4 heteroatoms. The molecule has 2 aliphatic rings. The Bertz CT molecular complexity index is 699. The molecule has 0 saturated heterocycles. The molecule has 0 N–H and O–H groups in total. The monoisotopic (exact) mass is 520 g/mol.